The Labute approximate surface area is 164 Å². The first-order valence-electron chi connectivity index (χ1n) is 9.51. The first-order valence-corrected chi connectivity index (χ1v) is 9.51. The minimum absolute atomic E-state index is 0.123. The van der Waals surface area contributed by atoms with Gasteiger partial charge in [0.2, 0.25) is 11.8 Å². The summed E-state index contributed by atoms with van der Waals surface area (Å²) < 4.78 is 6.15. The number of aryl methyl sites for hydroxylation is 1. The van der Waals surface area contributed by atoms with Crippen molar-refractivity contribution in [2.75, 3.05) is 18.5 Å². The topological polar surface area (TPSA) is 78.9 Å². The molecule has 2 aliphatic rings. The quantitative estimate of drug-likeness (QED) is 0.800. The highest BCUT2D eigenvalue weighted by Gasteiger charge is 2.55. The van der Waals surface area contributed by atoms with Crippen molar-refractivity contribution in [1.82, 2.24) is 4.90 Å². The van der Waals surface area contributed by atoms with Gasteiger partial charge in [0.1, 0.15) is 11.7 Å². The standard InChI is InChI=1S/C22H24N2O4/c1-14-7-3-5-9-17(14)23-20(26)19-16-13-22(2,24(11-12-25)21(19)27)28-18-10-6-4-8-15(16)18/h3-10,16,19,25H,11-13H2,1-2H3,(H,23,26)/t16-,19-,22-/m1/s1. The zero-order chi connectivity index (χ0) is 19.9. The normalized spacial score (nSPS) is 25.7. The van der Waals surface area contributed by atoms with E-state index >= 15 is 0 Å². The number of β-amino-alcohol motifs (C(OH)–C–C–N with tert-alkyl or cyclic N) is 1. The molecular formula is C22H24N2O4. The Morgan fingerprint density at radius 1 is 1.25 bits per heavy atom. The minimum Gasteiger partial charge on any atom is -0.468 e. The van der Waals surface area contributed by atoms with Crippen LogP contribution < -0.4 is 10.1 Å². The van der Waals surface area contributed by atoms with Crippen molar-refractivity contribution in [2.24, 2.45) is 5.92 Å². The van der Waals surface area contributed by atoms with Gasteiger partial charge in [0.25, 0.3) is 0 Å². The van der Waals surface area contributed by atoms with Crippen LogP contribution >= 0.6 is 0 Å². The van der Waals surface area contributed by atoms with Gasteiger partial charge in [-0.25, -0.2) is 0 Å². The van der Waals surface area contributed by atoms with Crippen LogP contribution in [0.3, 0.4) is 0 Å². The van der Waals surface area contributed by atoms with Crippen molar-refractivity contribution >= 4 is 17.5 Å². The second-order valence-corrected chi connectivity index (χ2v) is 7.62. The van der Waals surface area contributed by atoms with Crippen molar-refractivity contribution in [3.8, 4) is 5.75 Å². The fourth-order valence-corrected chi connectivity index (χ4v) is 4.38. The van der Waals surface area contributed by atoms with E-state index in [1.807, 2.05) is 62.4 Å². The van der Waals surface area contributed by atoms with Crippen LogP contribution in [0.1, 0.15) is 30.4 Å². The van der Waals surface area contributed by atoms with Gasteiger partial charge in [0, 0.05) is 24.6 Å². The van der Waals surface area contributed by atoms with Gasteiger partial charge in [-0.1, -0.05) is 36.4 Å². The SMILES string of the molecule is Cc1ccccc1NC(=O)[C@@H]1C(=O)N(CCO)[C@@]2(C)C[C@@H]1c1ccccc1O2. The number of piperidine rings is 1. The Kier molecular flexibility index (Phi) is 4.59. The van der Waals surface area contributed by atoms with Gasteiger partial charge >= 0.3 is 0 Å². The van der Waals surface area contributed by atoms with Gasteiger partial charge in [-0.2, -0.15) is 0 Å². The number of likely N-dealkylation sites (tertiary alicyclic amines) is 1. The maximum atomic E-state index is 13.3. The molecule has 0 saturated carbocycles. The van der Waals surface area contributed by atoms with E-state index in [4.69, 9.17) is 4.74 Å². The first kappa shape index (κ1) is 18.5. The summed E-state index contributed by atoms with van der Waals surface area (Å²) in [6.45, 7) is 3.69. The number of nitrogens with zero attached hydrogens (tertiary/aromatic N) is 1. The number of hydrogen-bond donors (Lipinski definition) is 2. The number of hydrogen-bond acceptors (Lipinski definition) is 4. The molecule has 2 heterocycles. The van der Waals surface area contributed by atoms with E-state index in [9.17, 15) is 14.7 Å². The van der Waals surface area contributed by atoms with Crippen LogP contribution in [0.4, 0.5) is 5.69 Å². The second-order valence-electron chi connectivity index (χ2n) is 7.62. The molecule has 28 heavy (non-hydrogen) atoms. The number of benzene rings is 2. The Morgan fingerprint density at radius 3 is 2.71 bits per heavy atom. The van der Waals surface area contributed by atoms with Crippen LogP contribution in [0.2, 0.25) is 0 Å². The number of nitrogens with one attached hydrogen (secondary N) is 1. The van der Waals surface area contributed by atoms with Crippen LogP contribution in [-0.2, 0) is 9.59 Å². The molecule has 6 heteroatoms. The summed E-state index contributed by atoms with van der Waals surface area (Å²) in [6.07, 6.45) is 0.502. The highest BCUT2D eigenvalue weighted by atomic mass is 16.5. The summed E-state index contributed by atoms with van der Waals surface area (Å²) in [5, 5.41) is 12.4. The number of aliphatic hydroxyl groups excluding tert-OH is 1. The van der Waals surface area contributed by atoms with Gasteiger partial charge in [-0.15, -0.1) is 0 Å². The summed E-state index contributed by atoms with van der Waals surface area (Å²) in [7, 11) is 0. The number of carbonyl (C=O) groups is 2. The molecule has 0 spiro atoms. The minimum atomic E-state index is -0.877. The van der Waals surface area contributed by atoms with Crippen LogP contribution in [0.25, 0.3) is 0 Å². The summed E-state index contributed by atoms with van der Waals surface area (Å²) in [4.78, 5) is 28.1. The van der Waals surface area contributed by atoms with Gasteiger partial charge < -0.3 is 20.1 Å². The van der Waals surface area contributed by atoms with E-state index < -0.39 is 11.6 Å². The molecule has 2 bridgehead atoms. The van der Waals surface area contributed by atoms with Gasteiger partial charge in [0.15, 0.2) is 5.72 Å². The van der Waals surface area contributed by atoms with Crippen molar-refractivity contribution < 1.29 is 19.4 Å². The maximum Gasteiger partial charge on any atom is 0.238 e. The molecule has 2 N–H and O–H groups in total. The lowest BCUT2D eigenvalue weighted by atomic mass is 9.73. The zero-order valence-corrected chi connectivity index (χ0v) is 16.0. The van der Waals surface area contributed by atoms with E-state index in [1.165, 1.54) is 4.90 Å². The van der Waals surface area contributed by atoms with E-state index in [0.29, 0.717) is 17.9 Å². The molecule has 2 aliphatic heterocycles. The molecule has 0 radical (unpaired) electrons. The Hall–Kier alpha value is -2.86. The average molecular weight is 380 g/mol. The fourth-order valence-electron chi connectivity index (χ4n) is 4.38. The second kappa shape index (κ2) is 6.95. The average Bonchev–Trinajstić information content (AvgIpc) is 2.67. The molecule has 0 aromatic heterocycles. The maximum absolute atomic E-state index is 13.3. The molecule has 6 nitrogen and oxygen atoms in total. The summed E-state index contributed by atoms with van der Waals surface area (Å²) in [5.41, 5.74) is 1.63. The third kappa shape index (κ3) is 2.94. The fraction of sp³-hybridized carbons (Fsp3) is 0.364. The van der Waals surface area contributed by atoms with Crippen molar-refractivity contribution in [3.63, 3.8) is 0 Å². The van der Waals surface area contributed by atoms with Crippen LogP contribution in [0, 0.1) is 12.8 Å². The Bertz CT molecular complexity index is 928. The number of anilines is 1. The van der Waals surface area contributed by atoms with E-state index in [1.54, 1.807) is 0 Å². The number of para-hydroxylation sites is 2. The third-order valence-electron chi connectivity index (χ3n) is 5.76. The lowest BCUT2D eigenvalue weighted by Gasteiger charge is -2.52. The molecule has 2 aromatic carbocycles. The molecule has 2 aromatic rings. The molecule has 3 atom stereocenters. The number of rotatable bonds is 4. The summed E-state index contributed by atoms with van der Waals surface area (Å²) >= 11 is 0. The lowest BCUT2D eigenvalue weighted by molar-refractivity contribution is -0.176. The van der Waals surface area contributed by atoms with Gasteiger partial charge in [0.05, 0.1) is 6.61 Å². The lowest BCUT2D eigenvalue weighted by Crippen LogP contribution is -2.64. The number of aliphatic hydroxyl groups is 1. The Balaban J connectivity index is 1.74. The van der Waals surface area contributed by atoms with E-state index in [0.717, 1.165) is 11.1 Å². The predicted octanol–water partition coefficient (Wildman–Crippen LogP) is 2.67. The molecule has 146 valence electrons. The largest absolute Gasteiger partial charge is 0.468 e. The first-order chi connectivity index (χ1) is 13.4. The van der Waals surface area contributed by atoms with E-state index in [-0.39, 0.29) is 30.9 Å². The Morgan fingerprint density at radius 2 is 1.96 bits per heavy atom. The zero-order valence-electron chi connectivity index (χ0n) is 16.0. The summed E-state index contributed by atoms with van der Waals surface area (Å²) in [6, 6.07) is 15.1. The van der Waals surface area contributed by atoms with E-state index in [2.05, 4.69) is 5.32 Å². The van der Waals surface area contributed by atoms with Crippen LogP contribution in [0.5, 0.6) is 5.75 Å². The molecule has 2 amide bonds. The highest BCUT2D eigenvalue weighted by Crippen LogP contribution is 2.50. The number of carbonyl (C=O) groups excluding carboxylic acids is 2. The number of amides is 2. The predicted molar refractivity (Wildman–Crippen MR) is 105 cm³/mol. The molecular weight excluding hydrogens is 356 g/mol. The van der Waals surface area contributed by atoms with Crippen molar-refractivity contribution in [2.45, 2.75) is 31.9 Å². The molecule has 0 aliphatic carbocycles. The molecule has 1 fully saturated rings. The highest BCUT2D eigenvalue weighted by molar-refractivity contribution is 6.08. The smallest absolute Gasteiger partial charge is 0.238 e. The third-order valence-corrected chi connectivity index (χ3v) is 5.76. The summed E-state index contributed by atoms with van der Waals surface area (Å²) in [5.74, 6) is -1.10. The molecule has 0 unspecified atom stereocenters. The van der Waals surface area contributed by atoms with Gasteiger partial charge in [-0.3, -0.25) is 9.59 Å². The monoisotopic (exact) mass is 380 g/mol. The van der Waals surface area contributed by atoms with Crippen molar-refractivity contribution in [3.05, 3.63) is 59.7 Å². The number of ether oxygens (including phenoxy) is 1. The molecule has 1 saturated heterocycles. The molecule has 4 rings (SSSR count). The van der Waals surface area contributed by atoms with Crippen molar-refractivity contribution in [1.29, 1.82) is 0 Å². The van der Waals surface area contributed by atoms with Gasteiger partial charge in [-0.05, 0) is 37.1 Å². The van der Waals surface area contributed by atoms with Crippen LogP contribution in [-0.4, -0.2) is 40.7 Å². The number of fused-ring (bicyclic) bond motifs is 4. The van der Waals surface area contributed by atoms with Crippen LogP contribution in [0.15, 0.2) is 48.5 Å².